The molecule has 172 valence electrons. The average molecular weight is 500 g/mol. The monoisotopic (exact) mass is 499 g/mol. The minimum Gasteiger partial charge on any atom is -0.351 e. The lowest BCUT2D eigenvalue weighted by Gasteiger charge is -2.16. The van der Waals surface area contributed by atoms with Gasteiger partial charge < -0.3 is 5.32 Å². The highest BCUT2D eigenvalue weighted by molar-refractivity contribution is 7.21. The van der Waals surface area contributed by atoms with Gasteiger partial charge in [-0.05, 0) is 31.5 Å². The van der Waals surface area contributed by atoms with Gasteiger partial charge in [-0.1, -0.05) is 20.8 Å². The number of fused-ring (bicyclic) bond motifs is 1. The molecule has 0 aliphatic carbocycles. The maximum absolute atomic E-state index is 13.1. The molecule has 0 fully saturated rings. The third-order valence-electron chi connectivity index (χ3n) is 5.00. The number of anilines is 1. The van der Waals surface area contributed by atoms with E-state index < -0.39 is 0 Å². The van der Waals surface area contributed by atoms with Crippen molar-refractivity contribution in [1.82, 2.24) is 20.3 Å². The molecule has 7 nitrogen and oxygen atoms in total. The van der Waals surface area contributed by atoms with Crippen LogP contribution in [0.5, 0.6) is 0 Å². The predicted molar refractivity (Wildman–Crippen MR) is 136 cm³/mol. The van der Waals surface area contributed by atoms with E-state index in [1.54, 1.807) is 11.3 Å². The molecule has 0 unspecified atom stereocenters. The fourth-order valence-electron chi connectivity index (χ4n) is 3.31. The van der Waals surface area contributed by atoms with Gasteiger partial charge in [-0.3, -0.25) is 14.9 Å². The summed E-state index contributed by atoms with van der Waals surface area (Å²) in [4.78, 5) is 41.7. The Kier molecular flexibility index (Phi) is 6.35. The summed E-state index contributed by atoms with van der Waals surface area (Å²) in [7, 11) is 0. The first-order valence-corrected chi connectivity index (χ1v) is 12.9. The molecule has 4 aromatic rings. The van der Waals surface area contributed by atoms with Crippen molar-refractivity contribution in [3.05, 3.63) is 44.3 Å². The van der Waals surface area contributed by atoms with Gasteiger partial charge in [0.15, 0.2) is 5.13 Å². The molecule has 0 aromatic carbocycles. The van der Waals surface area contributed by atoms with Gasteiger partial charge in [0.25, 0.3) is 5.91 Å². The number of aryl methyl sites for hydroxylation is 2. The topological polar surface area (TPSA) is 96.9 Å². The van der Waals surface area contributed by atoms with Gasteiger partial charge >= 0.3 is 0 Å². The molecule has 0 radical (unpaired) electrons. The van der Waals surface area contributed by atoms with Crippen LogP contribution in [0, 0.1) is 13.8 Å². The molecule has 4 heterocycles. The van der Waals surface area contributed by atoms with Crippen LogP contribution >= 0.6 is 34.0 Å². The second kappa shape index (κ2) is 8.92. The molecule has 0 aliphatic heterocycles. The lowest BCUT2D eigenvalue weighted by Crippen LogP contribution is -2.17. The highest BCUT2D eigenvalue weighted by atomic mass is 32.1. The van der Waals surface area contributed by atoms with Crippen molar-refractivity contribution < 1.29 is 9.59 Å². The summed E-state index contributed by atoms with van der Waals surface area (Å²) in [5.74, 6) is 0.528. The number of aromatic nitrogens is 3. The van der Waals surface area contributed by atoms with E-state index in [1.807, 2.05) is 31.4 Å². The van der Waals surface area contributed by atoms with Gasteiger partial charge in [-0.15, -0.1) is 34.0 Å². The molecule has 10 heteroatoms. The van der Waals surface area contributed by atoms with Crippen LogP contribution in [0.15, 0.2) is 17.5 Å². The SMILES string of the molecule is CC(=O)NCc1ccc(-c2csc(NC(=O)c3sc4nc(C(C)(C)C)nc(C)c4c3C)n2)s1. The Balaban J connectivity index is 1.55. The molecular weight excluding hydrogens is 474 g/mol. The Hall–Kier alpha value is -2.69. The number of rotatable bonds is 5. The Morgan fingerprint density at radius 2 is 1.82 bits per heavy atom. The summed E-state index contributed by atoms with van der Waals surface area (Å²) in [6.07, 6.45) is 0. The lowest BCUT2D eigenvalue weighted by atomic mass is 9.95. The van der Waals surface area contributed by atoms with Gasteiger partial charge in [0.1, 0.15) is 10.7 Å². The van der Waals surface area contributed by atoms with Crippen LogP contribution in [0.1, 0.15) is 59.3 Å². The molecule has 4 rings (SSSR count). The first-order chi connectivity index (χ1) is 15.5. The predicted octanol–water partition coefficient (Wildman–Crippen LogP) is 5.68. The number of hydrogen-bond donors (Lipinski definition) is 2. The number of thiazole rings is 1. The van der Waals surface area contributed by atoms with Crippen LogP contribution < -0.4 is 10.6 Å². The molecule has 0 saturated carbocycles. The second-order valence-corrected chi connectivity index (χ2v) is 11.8. The summed E-state index contributed by atoms with van der Waals surface area (Å²) >= 11 is 4.35. The van der Waals surface area contributed by atoms with Gasteiger partial charge in [0, 0.05) is 28.0 Å². The van der Waals surface area contributed by atoms with Gasteiger partial charge in [0.05, 0.1) is 27.7 Å². The first kappa shape index (κ1) is 23.5. The maximum atomic E-state index is 13.1. The molecular formula is C23H25N5O2S3. The summed E-state index contributed by atoms with van der Waals surface area (Å²) in [5, 5.41) is 9.15. The number of hydrogen-bond acceptors (Lipinski definition) is 8. The Morgan fingerprint density at radius 3 is 2.52 bits per heavy atom. The second-order valence-electron chi connectivity index (χ2n) is 8.79. The zero-order chi connectivity index (χ0) is 23.9. The Labute approximate surface area is 204 Å². The van der Waals surface area contributed by atoms with Crippen LogP contribution in [0.4, 0.5) is 5.13 Å². The number of carbonyl (C=O) groups excluding carboxylic acids is 2. The third kappa shape index (κ3) is 4.97. The standard InChI is InChI=1S/C23H25N5O2S3/c1-11-17-12(2)25-21(23(4,5)6)28-20(17)33-18(11)19(30)27-22-26-15(10-31-22)16-8-7-14(32-16)9-24-13(3)29/h7-8,10H,9H2,1-6H3,(H,24,29)(H,26,27,30). The van der Waals surface area contributed by atoms with Gasteiger partial charge in [0.2, 0.25) is 5.91 Å². The molecule has 2 amide bonds. The van der Waals surface area contributed by atoms with Crippen molar-refractivity contribution in [1.29, 1.82) is 0 Å². The lowest BCUT2D eigenvalue weighted by molar-refractivity contribution is -0.119. The molecule has 0 aliphatic rings. The highest BCUT2D eigenvalue weighted by Gasteiger charge is 2.24. The quantitative estimate of drug-likeness (QED) is 0.368. The molecule has 0 atom stereocenters. The van der Waals surface area contributed by atoms with Crippen LogP contribution in [0.2, 0.25) is 0 Å². The Bertz CT molecular complexity index is 1360. The molecule has 0 saturated heterocycles. The van der Waals surface area contributed by atoms with Gasteiger partial charge in [-0.2, -0.15) is 0 Å². The van der Waals surface area contributed by atoms with Crippen molar-refractivity contribution in [2.75, 3.05) is 5.32 Å². The molecule has 4 aromatic heterocycles. The zero-order valence-electron chi connectivity index (χ0n) is 19.3. The van der Waals surface area contributed by atoms with Crippen LogP contribution in [0.25, 0.3) is 20.8 Å². The molecule has 33 heavy (non-hydrogen) atoms. The van der Waals surface area contributed by atoms with E-state index in [2.05, 4.69) is 41.4 Å². The van der Waals surface area contributed by atoms with Gasteiger partial charge in [-0.25, -0.2) is 15.0 Å². The highest BCUT2D eigenvalue weighted by Crippen LogP contribution is 2.35. The van der Waals surface area contributed by atoms with E-state index >= 15 is 0 Å². The number of nitrogens with zero attached hydrogens (tertiary/aromatic N) is 3. The summed E-state index contributed by atoms with van der Waals surface area (Å²) in [5.41, 5.74) is 2.42. The van der Waals surface area contributed by atoms with Crippen LogP contribution in [0.3, 0.4) is 0 Å². The van der Waals surface area contributed by atoms with Crippen molar-refractivity contribution in [3.63, 3.8) is 0 Å². The summed E-state index contributed by atoms with van der Waals surface area (Å²) in [6, 6.07) is 3.95. The van der Waals surface area contributed by atoms with Crippen molar-refractivity contribution in [2.24, 2.45) is 0 Å². The van der Waals surface area contributed by atoms with Crippen LogP contribution in [-0.4, -0.2) is 26.8 Å². The number of amides is 2. The van der Waals surface area contributed by atoms with E-state index in [4.69, 9.17) is 4.98 Å². The van der Waals surface area contributed by atoms with E-state index in [0.29, 0.717) is 16.6 Å². The zero-order valence-corrected chi connectivity index (χ0v) is 21.8. The van der Waals surface area contributed by atoms with E-state index in [-0.39, 0.29) is 17.2 Å². The smallest absolute Gasteiger partial charge is 0.267 e. The fourth-order valence-corrected chi connectivity index (χ4v) is 6.13. The molecule has 0 spiro atoms. The molecule has 0 bridgehead atoms. The number of nitrogens with one attached hydrogen (secondary N) is 2. The minimum atomic E-state index is -0.189. The van der Waals surface area contributed by atoms with Crippen molar-refractivity contribution in [3.8, 4) is 10.6 Å². The van der Waals surface area contributed by atoms with Crippen LogP contribution in [-0.2, 0) is 16.8 Å². The normalized spacial score (nSPS) is 11.7. The number of carbonyl (C=O) groups is 2. The largest absolute Gasteiger partial charge is 0.351 e. The van der Waals surface area contributed by atoms with E-state index in [1.165, 1.54) is 29.6 Å². The summed E-state index contributed by atoms with van der Waals surface area (Å²) in [6.45, 7) is 12.2. The number of thiophene rings is 2. The Morgan fingerprint density at radius 1 is 1.06 bits per heavy atom. The summed E-state index contributed by atoms with van der Waals surface area (Å²) < 4.78 is 0. The van der Waals surface area contributed by atoms with Crippen molar-refractivity contribution in [2.45, 2.75) is 53.5 Å². The maximum Gasteiger partial charge on any atom is 0.267 e. The minimum absolute atomic E-state index is 0.0593. The van der Waals surface area contributed by atoms with E-state index in [0.717, 1.165) is 42.7 Å². The molecule has 2 N–H and O–H groups in total. The fraction of sp³-hybridized carbons (Fsp3) is 0.348. The van der Waals surface area contributed by atoms with E-state index in [9.17, 15) is 9.59 Å². The first-order valence-electron chi connectivity index (χ1n) is 10.4. The van der Waals surface area contributed by atoms with Crippen molar-refractivity contribution >= 4 is 61.2 Å². The average Bonchev–Trinajstić information content (AvgIpc) is 3.44. The third-order valence-corrected chi connectivity index (χ3v) is 8.05.